The minimum atomic E-state index is -3.29. The summed E-state index contributed by atoms with van der Waals surface area (Å²) in [4.78, 5) is 11.4. The van der Waals surface area contributed by atoms with E-state index in [-0.39, 0.29) is 0 Å². The largest absolute Gasteiger partial charge is 0.362 e. The SMILES string of the molecule is CC1CCC(CNc2nc(N(C)C)c3ccccc3n2)CC1.CNS(=O)(=O)c1cc(Br)c(Br)s1. The minimum absolute atomic E-state index is 0.295. The molecule has 0 aliphatic heterocycles. The van der Waals surface area contributed by atoms with Gasteiger partial charge in [-0.25, -0.2) is 18.1 Å². The molecule has 0 saturated heterocycles. The minimum Gasteiger partial charge on any atom is -0.362 e. The Hall–Kier alpha value is -1.27. The van der Waals surface area contributed by atoms with Crippen molar-refractivity contribution >= 4 is 75.9 Å². The van der Waals surface area contributed by atoms with Gasteiger partial charge in [-0.15, -0.1) is 11.3 Å². The molecule has 0 radical (unpaired) electrons. The monoisotopic (exact) mass is 631 g/mol. The topological polar surface area (TPSA) is 87.2 Å². The van der Waals surface area contributed by atoms with Crippen LogP contribution in [0.3, 0.4) is 0 Å². The number of hydrogen-bond donors (Lipinski definition) is 2. The molecule has 0 atom stereocenters. The molecule has 4 rings (SSSR count). The number of nitrogens with one attached hydrogen (secondary N) is 2. The van der Waals surface area contributed by atoms with Crippen molar-refractivity contribution in [3.63, 3.8) is 0 Å². The van der Waals surface area contributed by atoms with Crippen LogP contribution in [0.15, 0.2) is 42.8 Å². The average Bonchev–Trinajstić information content (AvgIpc) is 3.17. The second-order valence-corrected chi connectivity index (χ2v) is 14.0. The van der Waals surface area contributed by atoms with Crippen molar-refractivity contribution in [2.75, 3.05) is 37.9 Å². The van der Waals surface area contributed by atoms with E-state index in [2.05, 4.69) is 70.8 Å². The lowest BCUT2D eigenvalue weighted by atomic mass is 9.83. The summed E-state index contributed by atoms with van der Waals surface area (Å²) < 4.78 is 26.5. The number of hydrogen-bond acceptors (Lipinski definition) is 7. The molecule has 0 bridgehead atoms. The summed E-state index contributed by atoms with van der Waals surface area (Å²) in [7, 11) is 2.15. The number of benzene rings is 1. The van der Waals surface area contributed by atoms with Gasteiger partial charge in [0.25, 0.3) is 0 Å². The Morgan fingerprint density at radius 1 is 1.12 bits per heavy atom. The van der Waals surface area contributed by atoms with E-state index in [1.807, 2.05) is 26.2 Å². The molecule has 1 fully saturated rings. The fourth-order valence-corrected chi connectivity index (χ4v) is 7.47. The van der Waals surface area contributed by atoms with Gasteiger partial charge in [0.15, 0.2) is 0 Å². The molecule has 0 amide bonds. The maximum Gasteiger partial charge on any atom is 0.249 e. The summed E-state index contributed by atoms with van der Waals surface area (Å²) in [5.74, 6) is 3.38. The van der Waals surface area contributed by atoms with Crippen molar-refractivity contribution in [1.82, 2.24) is 14.7 Å². The van der Waals surface area contributed by atoms with Gasteiger partial charge in [-0.1, -0.05) is 31.9 Å². The predicted octanol–water partition coefficient (Wildman–Crippen LogP) is 6.12. The molecule has 3 aromatic rings. The number of rotatable bonds is 6. The van der Waals surface area contributed by atoms with Gasteiger partial charge in [-0.2, -0.15) is 4.98 Å². The summed E-state index contributed by atoms with van der Waals surface area (Å²) in [5.41, 5.74) is 1.00. The van der Waals surface area contributed by atoms with E-state index in [1.54, 1.807) is 6.07 Å². The Morgan fingerprint density at radius 3 is 2.38 bits per heavy atom. The molecule has 1 aliphatic carbocycles. The first-order valence-corrected chi connectivity index (χ1v) is 15.1. The third-order valence-electron chi connectivity index (χ3n) is 5.85. The van der Waals surface area contributed by atoms with Gasteiger partial charge < -0.3 is 10.2 Å². The zero-order valence-electron chi connectivity index (χ0n) is 19.8. The van der Waals surface area contributed by atoms with Gasteiger partial charge in [0.2, 0.25) is 16.0 Å². The number of sulfonamides is 1. The van der Waals surface area contributed by atoms with Crippen LogP contribution in [-0.4, -0.2) is 46.1 Å². The summed E-state index contributed by atoms with van der Waals surface area (Å²) in [6.07, 6.45) is 5.35. The summed E-state index contributed by atoms with van der Waals surface area (Å²) in [6.45, 7) is 3.34. The molecule has 7 nitrogen and oxygen atoms in total. The van der Waals surface area contributed by atoms with Crippen LogP contribution in [0, 0.1) is 11.8 Å². The van der Waals surface area contributed by atoms with Crippen LogP contribution in [0.5, 0.6) is 0 Å². The van der Waals surface area contributed by atoms with Crippen LogP contribution >= 0.6 is 43.2 Å². The van der Waals surface area contributed by atoms with E-state index in [0.29, 0.717) is 4.21 Å². The molecule has 11 heteroatoms. The molecule has 34 heavy (non-hydrogen) atoms. The zero-order chi connectivity index (χ0) is 24.9. The van der Waals surface area contributed by atoms with Gasteiger partial charge in [0.1, 0.15) is 10.0 Å². The molecule has 1 aliphatic rings. The number of anilines is 2. The van der Waals surface area contributed by atoms with E-state index in [9.17, 15) is 8.42 Å². The Labute approximate surface area is 223 Å². The third kappa shape index (κ3) is 7.13. The van der Waals surface area contributed by atoms with Crippen LogP contribution in [-0.2, 0) is 10.0 Å². The molecule has 1 saturated carbocycles. The molecule has 0 spiro atoms. The van der Waals surface area contributed by atoms with Gasteiger partial charge in [-0.05, 0) is 81.8 Å². The van der Waals surface area contributed by atoms with E-state index >= 15 is 0 Å². The lowest BCUT2D eigenvalue weighted by molar-refractivity contribution is 0.300. The molecule has 2 N–H and O–H groups in total. The number of fused-ring (bicyclic) bond motifs is 1. The van der Waals surface area contributed by atoms with Gasteiger partial charge in [0, 0.05) is 30.5 Å². The maximum atomic E-state index is 11.2. The molecule has 0 unspecified atom stereocenters. The first kappa shape index (κ1) is 27.3. The highest BCUT2D eigenvalue weighted by Gasteiger charge is 2.19. The van der Waals surface area contributed by atoms with Crippen molar-refractivity contribution in [2.24, 2.45) is 11.8 Å². The van der Waals surface area contributed by atoms with Crippen molar-refractivity contribution < 1.29 is 8.42 Å². The highest BCUT2D eigenvalue weighted by molar-refractivity contribution is 9.13. The molecular weight excluding hydrogens is 602 g/mol. The first-order chi connectivity index (χ1) is 16.1. The Balaban J connectivity index is 0.000000229. The number of aromatic nitrogens is 2. The summed E-state index contributed by atoms with van der Waals surface area (Å²) >= 11 is 7.59. The van der Waals surface area contributed by atoms with Gasteiger partial charge in [-0.3, -0.25) is 0 Å². The average molecular weight is 633 g/mol. The van der Waals surface area contributed by atoms with E-state index in [4.69, 9.17) is 4.98 Å². The lowest BCUT2D eigenvalue weighted by Crippen LogP contribution is -2.21. The highest BCUT2D eigenvalue weighted by Crippen LogP contribution is 2.34. The molecule has 2 heterocycles. The van der Waals surface area contributed by atoms with E-state index < -0.39 is 10.0 Å². The van der Waals surface area contributed by atoms with Crippen LogP contribution in [0.25, 0.3) is 10.9 Å². The maximum absolute atomic E-state index is 11.2. The Morgan fingerprint density at radius 2 is 1.79 bits per heavy atom. The van der Waals surface area contributed by atoms with E-state index in [0.717, 1.165) is 49.3 Å². The van der Waals surface area contributed by atoms with Crippen LogP contribution in [0.4, 0.5) is 11.8 Å². The molecular formula is C23H31Br2N5O2S2. The van der Waals surface area contributed by atoms with Crippen molar-refractivity contribution in [3.8, 4) is 0 Å². The number of nitrogens with zero attached hydrogens (tertiary/aromatic N) is 3. The fourth-order valence-electron chi connectivity index (χ4n) is 3.81. The number of halogens is 2. The normalized spacial score (nSPS) is 18.3. The quantitative estimate of drug-likeness (QED) is 0.341. The van der Waals surface area contributed by atoms with E-state index in [1.165, 1.54) is 44.1 Å². The third-order valence-corrected chi connectivity index (χ3v) is 11.0. The van der Waals surface area contributed by atoms with Crippen molar-refractivity contribution in [1.29, 1.82) is 0 Å². The van der Waals surface area contributed by atoms with Gasteiger partial charge in [0.05, 0.1) is 9.30 Å². The molecule has 2 aromatic heterocycles. The Bertz CT molecular complexity index is 1190. The van der Waals surface area contributed by atoms with Crippen molar-refractivity contribution in [2.45, 2.75) is 36.8 Å². The summed E-state index contributed by atoms with van der Waals surface area (Å²) in [6, 6.07) is 9.76. The van der Waals surface area contributed by atoms with Crippen LogP contribution in [0.2, 0.25) is 0 Å². The van der Waals surface area contributed by atoms with Gasteiger partial charge >= 0.3 is 0 Å². The van der Waals surface area contributed by atoms with Crippen LogP contribution < -0.4 is 14.9 Å². The second-order valence-electron chi connectivity index (χ2n) is 8.68. The standard InChI is InChI=1S/C18H26N4.C5H5Br2NO2S2/c1-13-8-10-14(11-9-13)12-19-18-20-16-7-5-4-6-15(16)17(21-18)22(2)3;1-8-12(9,10)4-2-3(6)5(7)11-4/h4-7,13-14H,8-12H2,1-3H3,(H,19,20,21);2,8H,1H3. The molecule has 1 aromatic carbocycles. The number of para-hydroxylation sites is 1. The highest BCUT2D eigenvalue weighted by atomic mass is 79.9. The summed E-state index contributed by atoms with van der Waals surface area (Å²) in [5, 5.41) is 4.57. The molecule has 186 valence electrons. The van der Waals surface area contributed by atoms with Crippen molar-refractivity contribution in [3.05, 3.63) is 38.6 Å². The second kappa shape index (κ2) is 12.1. The Kier molecular flexibility index (Phi) is 9.74. The fraction of sp³-hybridized carbons (Fsp3) is 0.478. The van der Waals surface area contributed by atoms with Crippen LogP contribution in [0.1, 0.15) is 32.6 Å². The first-order valence-electron chi connectivity index (χ1n) is 11.2. The lowest BCUT2D eigenvalue weighted by Gasteiger charge is -2.26. The smallest absolute Gasteiger partial charge is 0.249 e. The number of thiophene rings is 1. The predicted molar refractivity (Wildman–Crippen MR) is 149 cm³/mol. The zero-order valence-corrected chi connectivity index (χ0v) is 24.6.